The van der Waals surface area contributed by atoms with Gasteiger partial charge in [0.05, 0.1) is 44.2 Å². The van der Waals surface area contributed by atoms with Gasteiger partial charge in [-0.05, 0) is 106 Å². The van der Waals surface area contributed by atoms with E-state index in [0.717, 1.165) is 39.0 Å². The van der Waals surface area contributed by atoms with Crippen molar-refractivity contribution in [3.63, 3.8) is 0 Å². The van der Waals surface area contributed by atoms with E-state index < -0.39 is 154 Å². The molecule has 5 aliphatic heterocycles. The van der Waals surface area contributed by atoms with Gasteiger partial charge in [0.1, 0.15) is 79.4 Å². The first-order valence-corrected chi connectivity index (χ1v) is 27.7. The van der Waals surface area contributed by atoms with Crippen molar-refractivity contribution < 1.29 is 113 Å². The normalized spacial score (nSPS) is 53.7. The van der Waals surface area contributed by atoms with Crippen LogP contribution in [0.25, 0.3) is 0 Å². The summed E-state index contributed by atoms with van der Waals surface area (Å²) >= 11 is 0. The van der Waals surface area contributed by atoms with Crippen LogP contribution >= 0.6 is 0 Å². The topological polar surface area (TPSA) is 352 Å². The lowest BCUT2D eigenvalue weighted by Gasteiger charge is -2.58. The largest absolute Gasteiger partial charge is 0.457 e. The molecule has 76 heavy (non-hydrogen) atoms. The number of aliphatic hydroxyl groups excluding tert-OH is 11. The van der Waals surface area contributed by atoms with Gasteiger partial charge < -0.3 is 109 Å². The Bertz CT molecular complexity index is 2020. The molecule has 5 heterocycles. The molecule has 0 bridgehead atoms. The maximum Gasteiger partial charge on any atom is 0.303 e. The Morgan fingerprint density at radius 1 is 0.697 bits per heavy atom. The number of hydrogen-bond acceptors (Lipinski definition) is 23. The number of hydrogen-bond donors (Lipinski definition) is 12. The minimum absolute atomic E-state index is 0.0706. The van der Waals surface area contributed by atoms with Crippen LogP contribution in [0.4, 0.5) is 0 Å². The second kappa shape index (κ2) is 23.0. The molecule has 3 saturated carbocycles. The van der Waals surface area contributed by atoms with E-state index in [1.54, 1.807) is 0 Å². The van der Waals surface area contributed by atoms with E-state index in [1.165, 1.54) is 19.4 Å². The molecule has 12 N–H and O–H groups in total. The van der Waals surface area contributed by atoms with Crippen LogP contribution < -0.4 is 0 Å². The molecule has 9 rings (SSSR count). The average Bonchev–Trinajstić information content (AvgIpc) is 3.87. The van der Waals surface area contributed by atoms with Gasteiger partial charge in [-0.3, -0.25) is 4.79 Å². The van der Waals surface area contributed by atoms with Crippen molar-refractivity contribution in [3.05, 3.63) is 11.6 Å². The highest BCUT2D eigenvalue weighted by molar-refractivity contribution is 5.66. The Labute approximate surface area is 443 Å². The Morgan fingerprint density at radius 3 is 2.01 bits per heavy atom. The number of rotatable bonds is 15. The molecule has 0 aromatic rings. The lowest BCUT2D eigenvalue weighted by molar-refractivity contribution is -0.388. The second-order valence-corrected chi connectivity index (χ2v) is 24.4. The summed E-state index contributed by atoms with van der Waals surface area (Å²) in [5, 5.41) is 129. The maximum absolute atomic E-state index is 12.2. The van der Waals surface area contributed by atoms with Gasteiger partial charge in [0, 0.05) is 19.3 Å². The third-order valence-electron chi connectivity index (χ3n) is 19.7. The zero-order valence-electron chi connectivity index (χ0n) is 44.6. The van der Waals surface area contributed by atoms with E-state index in [0.29, 0.717) is 43.4 Å². The van der Waals surface area contributed by atoms with Crippen LogP contribution in [0.2, 0.25) is 0 Å². The lowest BCUT2D eigenvalue weighted by Crippen LogP contribution is -2.66. The predicted molar refractivity (Wildman–Crippen MR) is 258 cm³/mol. The van der Waals surface area contributed by atoms with E-state index in [9.17, 15) is 66.1 Å². The fraction of sp³-hybridized carbons (Fsp3) is 0.943. The number of esters is 1. The molecule has 0 radical (unpaired) electrons. The van der Waals surface area contributed by atoms with Gasteiger partial charge >= 0.3 is 5.97 Å². The molecule has 436 valence electrons. The first-order chi connectivity index (χ1) is 35.8. The molecule has 31 atom stereocenters. The molecule has 4 aliphatic carbocycles. The summed E-state index contributed by atoms with van der Waals surface area (Å²) in [6.45, 7) is 11.8. The van der Waals surface area contributed by atoms with Crippen LogP contribution in [0.3, 0.4) is 0 Å². The predicted octanol–water partition coefficient (Wildman–Crippen LogP) is -1.41. The molecule has 8 fully saturated rings. The van der Waals surface area contributed by atoms with Gasteiger partial charge in [-0.25, -0.2) is 0 Å². The average molecular weight is 1090 g/mol. The van der Waals surface area contributed by atoms with Crippen molar-refractivity contribution in [1.82, 2.24) is 0 Å². The van der Waals surface area contributed by atoms with Crippen LogP contribution in [-0.2, 0) is 52.2 Å². The molecule has 0 unspecified atom stereocenters. The molecular formula is C53H86O23. The highest BCUT2D eigenvalue weighted by Crippen LogP contribution is 2.70. The van der Waals surface area contributed by atoms with Gasteiger partial charge in [0.2, 0.25) is 0 Å². The second-order valence-electron chi connectivity index (χ2n) is 24.4. The fourth-order valence-electron chi connectivity index (χ4n) is 15.3. The Kier molecular flexibility index (Phi) is 17.8. The summed E-state index contributed by atoms with van der Waals surface area (Å²) in [6.07, 6.45) is -20.7. The number of aliphatic hydroxyl groups is 12. The molecule has 0 aromatic carbocycles. The number of carbonyl (C=O) groups is 1. The van der Waals surface area contributed by atoms with E-state index in [-0.39, 0.29) is 41.3 Å². The molecule has 5 saturated heterocycles. The van der Waals surface area contributed by atoms with Crippen LogP contribution in [0.5, 0.6) is 0 Å². The van der Waals surface area contributed by atoms with Crippen molar-refractivity contribution in [1.29, 1.82) is 0 Å². The van der Waals surface area contributed by atoms with Crippen LogP contribution in [0, 0.1) is 46.3 Å². The quantitative estimate of drug-likeness (QED) is 0.0662. The minimum Gasteiger partial charge on any atom is -0.457 e. The Hall–Kier alpha value is -1.63. The molecule has 23 heteroatoms. The van der Waals surface area contributed by atoms with Crippen LogP contribution in [-0.4, -0.2) is 228 Å². The summed E-state index contributed by atoms with van der Waals surface area (Å²) in [5.74, 6) is -1.08. The number of fused-ring (bicyclic) bond motifs is 7. The minimum atomic E-state index is -1.76. The van der Waals surface area contributed by atoms with Gasteiger partial charge in [0.25, 0.3) is 0 Å². The van der Waals surface area contributed by atoms with E-state index >= 15 is 0 Å². The summed E-state index contributed by atoms with van der Waals surface area (Å²) in [7, 11) is 0. The van der Waals surface area contributed by atoms with Gasteiger partial charge in [0.15, 0.2) is 37.1 Å². The van der Waals surface area contributed by atoms with Crippen LogP contribution in [0.1, 0.15) is 106 Å². The van der Waals surface area contributed by atoms with E-state index in [4.69, 9.17) is 47.4 Å². The van der Waals surface area contributed by atoms with Crippen molar-refractivity contribution in [2.75, 3.05) is 19.8 Å². The highest BCUT2D eigenvalue weighted by Gasteiger charge is 2.68. The summed E-state index contributed by atoms with van der Waals surface area (Å²) in [5.41, 5.74) is 1.02. The molecule has 0 amide bonds. The number of carbonyl (C=O) groups excluding carboxylic acids is 1. The van der Waals surface area contributed by atoms with Crippen molar-refractivity contribution >= 4 is 5.97 Å². The molecule has 0 aromatic heterocycles. The van der Waals surface area contributed by atoms with Crippen molar-refractivity contribution in [3.8, 4) is 0 Å². The van der Waals surface area contributed by atoms with E-state index in [2.05, 4.69) is 26.8 Å². The summed E-state index contributed by atoms with van der Waals surface area (Å²) in [4.78, 5) is 12.0. The molecule has 0 spiro atoms. The maximum atomic E-state index is 12.2. The summed E-state index contributed by atoms with van der Waals surface area (Å²) < 4.78 is 60.2. The number of allylic oxidation sites excluding steroid dienone is 1. The lowest BCUT2D eigenvalue weighted by atomic mass is 9.47. The van der Waals surface area contributed by atoms with E-state index in [1.807, 2.05) is 6.92 Å². The Balaban J connectivity index is 0.859. The Morgan fingerprint density at radius 2 is 1.33 bits per heavy atom. The third kappa shape index (κ3) is 10.7. The van der Waals surface area contributed by atoms with Crippen molar-refractivity contribution in [2.45, 2.75) is 247 Å². The van der Waals surface area contributed by atoms with Gasteiger partial charge in [-0.2, -0.15) is 0 Å². The third-order valence-corrected chi connectivity index (χ3v) is 19.7. The molecular weight excluding hydrogens is 1000 g/mol. The first-order valence-electron chi connectivity index (χ1n) is 27.7. The number of ether oxygens (including phenoxy) is 10. The molecule has 9 aliphatic rings. The summed E-state index contributed by atoms with van der Waals surface area (Å²) in [6, 6.07) is 0. The molecule has 23 nitrogen and oxygen atoms in total. The SMILES string of the molecule is CC(=O)O[C@@H]1[C@@H](O)[C@H](C)O[C@@H](O[C@H]2[C@H](O[C@H]3CC[C@@]4(C)C(=CC[C@H]5[C@@H]6C[C@@H]7O[C@](O)(CC[C@@H](C)CO[C@@H]8O[C@H](CO)[C@@H](O)[C@H](O)[C@H]8O)[C@@H](C)[C@@H]7[C@@]6(C)CC[C@@H]54)C3)O[C@H](CO)[C@@H](O[C@@H]3O[C@@H](C)[C@H](O)[C@@H](O)[C@H]3O)[C@H]2O)[C@@H]1O. The first kappa shape index (κ1) is 59.0. The van der Waals surface area contributed by atoms with Crippen LogP contribution in [0.15, 0.2) is 11.6 Å². The zero-order valence-corrected chi connectivity index (χ0v) is 44.6. The smallest absolute Gasteiger partial charge is 0.303 e. The highest BCUT2D eigenvalue weighted by atomic mass is 16.8. The van der Waals surface area contributed by atoms with Gasteiger partial charge in [-0.15, -0.1) is 0 Å². The van der Waals surface area contributed by atoms with Crippen molar-refractivity contribution in [2.24, 2.45) is 46.3 Å². The fourth-order valence-corrected chi connectivity index (χ4v) is 15.3. The standard InChI is InChI=1S/C53H86O23/c1-21(20-67-47-40(62)39(61)37(59)32(18-54)72-47)10-15-53(66)22(2)34-31(76-53)17-30-28-9-8-26-16-27(11-13-51(26,6)29(28)12-14-52(30,34)7)71-50-46(75-49-43(65)45(70-25(5)56)36(58)24(4)69-49)42(64)44(33(19-55)73-50)74-48-41(63)38(60)35(57)23(3)68-48/h8,21-24,27-50,54-55,57-66H,9-20H2,1-7H3/t21-,22+,23+,24+,27+,28-,29+,30+,31+,32-,33-,34+,35+,36+,37-,38-,39+,40-,41-,42-,43-,44-,45-,46-,47-,48+,49+,50-,51+,52+,53-/m1/s1. The zero-order chi connectivity index (χ0) is 55.1. The van der Waals surface area contributed by atoms with Gasteiger partial charge in [-0.1, -0.05) is 39.3 Å². The monoisotopic (exact) mass is 1090 g/mol.